The van der Waals surface area contributed by atoms with E-state index < -0.39 is 11.5 Å². The Kier molecular flexibility index (Phi) is 2.81. The second kappa shape index (κ2) is 4.37. The largest absolute Gasteiger partial charge is 0.375 e. The van der Waals surface area contributed by atoms with Gasteiger partial charge in [-0.25, -0.2) is 0 Å². The number of carbonyl (C=O) groups is 1. The Balaban J connectivity index is 2.01. The number of fused-ring (bicyclic) bond motifs is 1. The van der Waals surface area contributed by atoms with Crippen LogP contribution in [0, 0.1) is 0 Å². The minimum absolute atomic E-state index is 0.205. The van der Waals surface area contributed by atoms with E-state index >= 15 is 0 Å². The molecule has 0 bridgehead atoms. The van der Waals surface area contributed by atoms with Gasteiger partial charge in [0.25, 0.3) is 5.91 Å². The van der Waals surface area contributed by atoms with Gasteiger partial charge in [0.1, 0.15) is 0 Å². The van der Waals surface area contributed by atoms with Gasteiger partial charge in [0.05, 0.1) is 0 Å². The van der Waals surface area contributed by atoms with Gasteiger partial charge < -0.3 is 10.4 Å². The van der Waals surface area contributed by atoms with E-state index in [0.29, 0.717) is 16.3 Å². The predicted octanol–water partition coefficient (Wildman–Crippen LogP) is 2.72. The van der Waals surface area contributed by atoms with Crippen molar-refractivity contribution in [3.8, 4) is 0 Å². The fourth-order valence-electron chi connectivity index (χ4n) is 2.42. The van der Waals surface area contributed by atoms with Gasteiger partial charge in [0.15, 0.2) is 5.60 Å². The Morgan fingerprint density at radius 3 is 2.74 bits per heavy atom. The molecule has 0 spiro atoms. The Labute approximate surface area is 115 Å². The van der Waals surface area contributed by atoms with Gasteiger partial charge in [0.2, 0.25) is 0 Å². The number of halogens is 1. The van der Waals surface area contributed by atoms with E-state index in [0.717, 1.165) is 5.56 Å². The Morgan fingerprint density at radius 1 is 1.16 bits per heavy atom. The number of amides is 1. The molecule has 1 atom stereocenters. The number of para-hydroxylation sites is 1. The second-order valence-electron chi connectivity index (χ2n) is 4.67. The SMILES string of the molecule is O=C1Nc2ccccc2C1(O)Cc1cccc(Cl)c1. The third-order valence-electron chi connectivity index (χ3n) is 3.35. The lowest BCUT2D eigenvalue weighted by molar-refractivity contribution is -0.133. The van der Waals surface area contributed by atoms with Crippen LogP contribution in [0.1, 0.15) is 11.1 Å². The Morgan fingerprint density at radius 2 is 1.95 bits per heavy atom. The van der Waals surface area contributed by atoms with Crippen molar-refractivity contribution in [1.29, 1.82) is 0 Å². The molecule has 4 heteroatoms. The number of rotatable bonds is 2. The lowest BCUT2D eigenvalue weighted by Gasteiger charge is -2.21. The molecule has 0 aromatic heterocycles. The molecule has 0 fully saturated rings. The smallest absolute Gasteiger partial charge is 0.261 e. The Hall–Kier alpha value is -1.84. The first-order valence-electron chi connectivity index (χ1n) is 5.97. The molecule has 1 aliphatic rings. The summed E-state index contributed by atoms with van der Waals surface area (Å²) in [5, 5.41) is 14.0. The topological polar surface area (TPSA) is 49.3 Å². The Bertz CT molecular complexity index is 656. The van der Waals surface area contributed by atoms with Crippen LogP contribution in [0.5, 0.6) is 0 Å². The van der Waals surface area contributed by atoms with Gasteiger partial charge in [-0.1, -0.05) is 41.9 Å². The molecule has 1 aliphatic heterocycles. The molecule has 2 N–H and O–H groups in total. The van der Waals surface area contributed by atoms with E-state index in [4.69, 9.17) is 11.6 Å². The fraction of sp³-hybridized carbons (Fsp3) is 0.133. The van der Waals surface area contributed by atoms with Crippen molar-refractivity contribution in [2.24, 2.45) is 0 Å². The minimum Gasteiger partial charge on any atom is -0.375 e. The zero-order valence-electron chi connectivity index (χ0n) is 10.1. The number of aliphatic hydroxyl groups is 1. The first-order valence-corrected chi connectivity index (χ1v) is 6.35. The van der Waals surface area contributed by atoms with Gasteiger partial charge in [-0.15, -0.1) is 0 Å². The van der Waals surface area contributed by atoms with Gasteiger partial charge in [-0.3, -0.25) is 4.79 Å². The maximum atomic E-state index is 12.0. The third-order valence-corrected chi connectivity index (χ3v) is 3.58. The van der Waals surface area contributed by atoms with E-state index in [9.17, 15) is 9.90 Å². The molecular weight excluding hydrogens is 262 g/mol. The van der Waals surface area contributed by atoms with Crippen molar-refractivity contribution < 1.29 is 9.90 Å². The number of hydrogen-bond donors (Lipinski definition) is 2. The summed E-state index contributed by atoms with van der Waals surface area (Å²) in [7, 11) is 0. The number of carbonyl (C=O) groups excluding carboxylic acids is 1. The van der Waals surface area contributed by atoms with Crippen molar-refractivity contribution in [2.45, 2.75) is 12.0 Å². The minimum atomic E-state index is -1.53. The molecule has 1 heterocycles. The van der Waals surface area contributed by atoms with Crippen molar-refractivity contribution in [3.05, 3.63) is 64.7 Å². The highest BCUT2D eigenvalue weighted by atomic mass is 35.5. The summed E-state index contributed by atoms with van der Waals surface area (Å²) in [6.45, 7) is 0. The van der Waals surface area contributed by atoms with Crippen molar-refractivity contribution in [3.63, 3.8) is 0 Å². The van der Waals surface area contributed by atoms with Crippen LogP contribution in [-0.4, -0.2) is 11.0 Å². The van der Waals surface area contributed by atoms with E-state index in [1.54, 1.807) is 30.3 Å². The van der Waals surface area contributed by atoms with Crippen LogP contribution >= 0.6 is 11.6 Å². The number of anilines is 1. The summed E-state index contributed by atoms with van der Waals surface area (Å²) < 4.78 is 0. The molecule has 0 aliphatic carbocycles. The standard InChI is InChI=1S/C15H12ClNO2/c16-11-5-3-4-10(8-11)9-15(19)12-6-1-2-7-13(12)17-14(15)18/h1-8,19H,9H2,(H,17,18). The molecule has 3 rings (SSSR count). The predicted molar refractivity (Wildman–Crippen MR) is 74.1 cm³/mol. The maximum absolute atomic E-state index is 12.0. The molecular formula is C15H12ClNO2. The summed E-state index contributed by atoms with van der Waals surface area (Å²) in [4.78, 5) is 12.0. The monoisotopic (exact) mass is 273 g/mol. The molecule has 0 saturated carbocycles. The van der Waals surface area contributed by atoms with Crippen LogP contribution in [0.4, 0.5) is 5.69 Å². The van der Waals surface area contributed by atoms with Crippen molar-refractivity contribution >= 4 is 23.2 Å². The fourth-order valence-corrected chi connectivity index (χ4v) is 2.63. The average Bonchev–Trinajstić information content (AvgIpc) is 2.62. The number of hydrogen-bond acceptors (Lipinski definition) is 2. The molecule has 19 heavy (non-hydrogen) atoms. The second-order valence-corrected chi connectivity index (χ2v) is 5.10. The summed E-state index contributed by atoms with van der Waals surface area (Å²) in [6, 6.07) is 14.3. The molecule has 3 nitrogen and oxygen atoms in total. The lowest BCUT2D eigenvalue weighted by Crippen LogP contribution is -2.36. The van der Waals surface area contributed by atoms with Crippen LogP contribution in [0.2, 0.25) is 5.02 Å². The van der Waals surface area contributed by atoms with Gasteiger partial charge in [-0.05, 0) is 23.8 Å². The molecule has 1 unspecified atom stereocenters. The zero-order chi connectivity index (χ0) is 13.5. The average molecular weight is 274 g/mol. The molecule has 0 radical (unpaired) electrons. The van der Waals surface area contributed by atoms with E-state index in [2.05, 4.69) is 5.32 Å². The summed E-state index contributed by atoms with van der Waals surface area (Å²) >= 11 is 5.93. The summed E-state index contributed by atoms with van der Waals surface area (Å²) in [5.74, 6) is -0.395. The normalized spacial score (nSPS) is 21.1. The van der Waals surface area contributed by atoms with Crippen LogP contribution in [0.3, 0.4) is 0 Å². The zero-order valence-corrected chi connectivity index (χ0v) is 10.8. The van der Waals surface area contributed by atoms with E-state index in [1.807, 2.05) is 18.2 Å². The molecule has 1 amide bonds. The van der Waals surface area contributed by atoms with Gasteiger partial charge in [-0.2, -0.15) is 0 Å². The van der Waals surface area contributed by atoms with Crippen LogP contribution in [0.15, 0.2) is 48.5 Å². The molecule has 2 aromatic rings. The van der Waals surface area contributed by atoms with Crippen molar-refractivity contribution in [2.75, 3.05) is 5.32 Å². The van der Waals surface area contributed by atoms with Crippen LogP contribution in [0.25, 0.3) is 0 Å². The van der Waals surface area contributed by atoms with Gasteiger partial charge >= 0.3 is 0 Å². The summed E-state index contributed by atoms with van der Waals surface area (Å²) in [6.07, 6.45) is 0.205. The molecule has 96 valence electrons. The highest BCUT2D eigenvalue weighted by Crippen LogP contribution is 2.38. The maximum Gasteiger partial charge on any atom is 0.261 e. The number of benzene rings is 2. The highest BCUT2D eigenvalue weighted by Gasteiger charge is 2.44. The molecule has 2 aromatic carbocycles. The van der Waals surface area contributed by atoms with Gasteiger partial charge in [0, 0.05) is 22.7 Å². The van der Waals surface area contributed by atoms with Crippen molar-refractivity contribution in [1.82, 2.24) is 0 Å². The van der Waals surface area contributed by atoms with E-state index in [1.165, 1.54) is 0 Å². The number of nitrogens with one attached hydrogen (secondary N) is 1. The van der Waals surface area contributed by atoms with Crippen LogP contribution < -0.4 is 5.32 Å². The quantitative estimate of drug-likeness (QED) is 0.884. The third kappa shape index (κ3) is 2.01. The van der Waals surface area contributed by atoms with E-state index in [-0.39, 0.29) is 6.42 Å². The lowest BCUT2D eigenvalue weighted by atomic mass is 9.88. The summed E-state index contributed by atoms with van der Waals surface area (Å²) in [5.41, 5.74) is 0.570. The molecule has 0 saturated heterocycles. The first kappa shape index (κ1) is 12.2. The van der Waals surface area contributed by atoms with Crippen LogP contribution in [-0.2, 0) is 16.8 Å². The highest BCUT2D eigenvalue weighted by molar-refractivity contribution is 6.30. The first-order chi connectivity index (χ1) is 9.09.